The van der Waals surface area contributed by atoms with Crippen molar-refractivity contribution in [2.75, 3.05) is 14.2 Å². The van der Waals surface area contributed by atoms with E-state index in [0.29, 0.717) is 11.5 Å². The van der Waals surface area contributed by atoms with Gasteiger partial charge in [0.05, 0.1) is 20.5 Å². The summed E-state index contributed by atoms with van der Waals surface area (Å²) in [5.41, 5.74) is 2.24. The quantitative estimate of drug-likeness (QED) is 0.625. The molecule has 1 aromatic rings. The predicted octanol–water partition coefficient (Wildman–Crippen LogP) is 3.27. The zero-order chi connectivity index (χ0) is 14.9. The summed E-state index contributed by atoms with van der Waals surface area (Å²) in [4.78, 5) is 10.9. The maximum Gasteiger partial charge on any atom is 0.307 e. The van der Waals surface area contributed by atoms with E-state index in [1.165, 1.54) is 6.92 Å². The Morgan fingerprint density at radius 2 is 1.85 bits per heavy atom. The van der Waals surface area contributed by atoms with Crippen molar-refractivity contribution in [3.05, 3.63) is 35.6 Å². The third kappa shape index (κ3) is 2.50. The van der Waals surface area contributed by atoms with Gasteiger partial charge in [-0.3, -0.25) is 4.79 Å². The number of hydrogen-bond acceptors (Lipinski definition) is 4. The molecule has 1 aliphatic carbocycles. The molecule has 0 N–H and O–H groups in total. The fraction of sp³-hybridized carbons (Fsp3) is 0.438. The number of benzene rings is 1. The van der Waals surface area contributed by atoms with Crippen LogP contribution in [0.5, 0.6) is 11.5 Å². The van der Waals surface area contributed by atoms with Crippen LogP contribution in [0.3, 0.4) is 0 Å². The normalized spacial score (nSPS) is 21.4. The van der Waals surface area contributed by atoms with E-state index < -0.39 is 0 Å². The maximum absolute atomic E-state index is 10.9. The summed E-state index contributed by atoms with van der Waals surface area (Å²) in [6.45, 7) is 5.66. The summed E-state index contributed by atoms with van der Waals surface area (Å²) in [6.07, 6.45) is 1.57. The summed E-state index contributed by atoms with van der Waals surface area (Å²) in [7, 11) is 3.24. The van der Waals surface area contributed by atoms with E-state index in [1.807, 2.05) is 18.2 Å². The van der Waals surface area contributed by atoms with Crippen molar-refractivity contribution in [1.29, 1.82) is 0 Å². The van der Waals surface area contributed by atoms with Crippen LogP contribution in [0, 0.1) is 5.41 Å². The highest BCUT2D eigenvalue weighted by Gasteiger charge is 2.53. The average Bonchev–Trinajstić information content (AvgIpc) is 2.97. The van der Waals surface area contributed by atoms with Crippen LogP contribution in [0.1, 0.15) is 32.3 Å². The van der Waals surface area contributed by atoms with Gasteiger partial charge in [0.25, 0.3) is 0 Å². The second-order valence-corrected chi connectivity index (χ2v) is 5.45. The lowest BCUT2D eigenvalue weighted by molar-refractivity contribution is -0.135. The number of rotatable bonds is 4. The summed E-state index contributed by atoms with van der Waals surface area (Å²) < 4.78 is 15.6. The highest BCUT2D eigenvalue weighted by Crippen LogP contribution is 2.64. The lowest BCUT2D eigenvalue weighted by Crippen LogP contribution is -1.94. The minimum atomic E-state index is -0.300. The zero-order valence-corrected chi connectivity index (χ0v) is 12.5. The molecule has 2 rings (SSSR count). The molecular weight excluding hydrogens is 256 g/mol. The third-order valence-corrected chi connectivity index (χ3v) is 3.79. The van der Waals surface area contributed by atoms with Gasteiger partial charge in [-0.15, -0.1) is 0 Å². The highest BCUT2D eigenvalue weighted by atomic mass is 16.5. The van der Waals surface area contributed by atoms with E-state index in [-0.39, 0.29) is 17.3 Å². The first-order chi connectivity index (χ1) is 9.41. The van der Waals surface area contributed by atoms with Gasteiger partial charge in [-0.25, -0.2) is 0 Å². The minimum Gasteiger partial charge on any atom is -0.493 e. The molecule has 1 unspecified atom stereocenters. The Labute approximate surface area is 119 Å². The molecule has 1 fully saturated rings. The number of esters is 1. The summed E-state index contributed by atoms with van der Waals surface area (Å²) in [6, 6.07) is 5.88. The van der Waals surface area contributed by atoms with Gasteiger partial charge in [-0.1, -0.05) is 19.9 Å². The molecule has 0 spiro atoms. The van der Waals surface area contributed by atoms with Crippen molar-refractivity contribution < 1.29 is 19.0 Å². The van der Waals surface area contributed by atoms with E-state index in [1.54, 1.807) is 20.5 Å². The summed E-state index contributed by atoms with van der Waals surface area (Å²) in [5, 5.41) is 0. The van der Waals surface area contributed by atoms with Gasteiger partial charge in [0.15, 0.2) is 11.5 Å². The van der Waals surface area contributed by atoms with E-state index in [4.69, 9.17) is 14.2 Å². The van der Waals surface area contributed by atoms with E-state index in [2.05, 4.69) is 13.8 Å². The van der Waals surface area contributed by atoms with Gasteiger partial charge in [0.1, 0.15) is 0 Å². The van der Waals surface area contributed by atoms with Crippen molar-refractivity contribution in [3.63, 3.8) is 0 Å². The molecule has 0 amide bonds. The molecule has 1 saturated carbocycles. The number of allylic oxidation sites excluding steroid dienone is 1. The van der Waals surface area contributed by atoms with Crippen LogP contribution in [0.2, 0.25) is 0 Å². The number of methoxy groups -OCH3 is 2. The zero-order valence-electron chi connectivity index (χ0n) is 12.5. The summed E-state index contributed by atoms with van der Waals surface area (Å²) >= 11 is 0. The van der Waals surface area contributed by atoms with Crippen LogP contribution in [-0.4, -0.2) is 20.2 Å². The Balaban J connectivity index is 2.29. The summed E-state index contributed by atoms with van der Waals surface area (Å²) in [5.74, 6) is 1.35. The molecular formula is C16H20O4. The Morgan fingerprint density at radius 1 is 1.20 bits per heavy atom. The Hall–Kier alpha value is -1.97. The van der Waals surface area contributed by atoms with Gasteiger partial charge in [0, 0.05) is 18.3 Å². The molecule has 0 saturated heterocycles. The second-order valence-electron chi connectivity index (χ2n) is 5.45. The molecule has 4 nitrogen and oxygen atoms in total. The minimum absolute atomic E-state index is 0.00491. The van der Waals surface area contributed by atoms with Gasteiger partial charge >= 0.3 is 5.97 Å². The van der Waals surface area contributed by atoms with Crippen LogP contribution >= 0.6 is 0 Å². The van der Waals surface area contributed by atoms with Crippen LogP contribution in [0.15, 0.2) is 30.0 Å². The lowest BCUT2D eigenvalue weighted by Gasteiger charge is -2.09. The van der Waals surface area contributed by atoms with Gasteiger partial charge in [0.2, 0.25) is 0 Å². The smallest absolute Gasteiger partial charge is 0.307 e. The number of ether oxygens (including phenoxy) is 3. The molecule has 0 aliphatic heterocycles. The van der Waals surface area contributed by atoms with Crippen LogP contribution in [-0.2, 0) is 9.53 Å². The maximum atomic E-state index is 10.9. The van der Waals surface area contributed by atoms with Gasteiger partial charge < -0.3 is 14.2 Å². The molecule has 1 aliphatic rings. The monoisotopic (exact) mass is 276 g/mol. The highest BCUT2D eigenvalue weighted by molar-refractivity contribution is 5.67. The van der Waals surface area contributed by atoms with Crippen molar-refractivity contribution in [2.45, 2.75) is 26.7 Å². The predicted molar refractivity (Wildman–Crippen MR) is 75.9 cm³/mol. The second kappa shape index (κ2) is 5.19. The van der Waals surface area contributed by atoms with Gasteiger partial charge in [-0.2, -0.15) is 0 Å². The average molecular weight is 276 g/mol. The van der Waals surface area contributed by atoms with E-state index >= 15 is 0 Å². The molecule has 1 aromatic carbocycles. The Bertz CT molecular complexity index is 558. The fourth-order valence-electron chi connectivity index (χ4n) is 2.58. The number of carbonyl (C=O) groups is 1. The van der Waals surface area contributed by atoms with E-state index in [9.17, 15) is 4.79 Å². The van der Waals surface area contributed by atoms with Crippen molar-refractivity contribution >= 4 is 5.97 Å². The third-order valence-electron chi connectivity index (χ3n) is 3.79. The molecule has 0 radical (unpaired) electrons. The Kier molecular flexibility index (Phi) is 3.75. The van der Waals surface area contributed by atoms with Crippen molar-refractivity contribution in [2.24, 2.45) is 5.41 Å². The Morgan fingerprint density at radius 3 is 2.40 bits per heavy atom. The largest absolute Gasteiger partial charge is 0.493 e. The molecule has 0 aromatic heterocycles. The molecule has 0 heterocycles. The standard InChI is InChI=1S/C16H20O4/c1-10(17)20-9-12-15(16(12,2)3)11-6-7-13(18-4)14(8-11)19-5/h6-9,15H,1-5H3/b12-9+. The van der Waals surface area contributed by atoms with Gasteiger partial charge in [-0.05, 0) is 23.3 Å². The van der Waals surface area contributed by atoms with Crippen LogP contribution in [0.25, 0.3) is 0 Å². The molecule has 0 bridgehead atoms. The first-order valence-corrected chi connectivity index (χ1v) is 6.51. The van der Waals surface area contributed by atoms with Crippen molar-refractivity contribution in [1.82, 2.24) is 0 Å². The molecule has 20 heavy (non-hydrogen) atoms. The number of hydrogen-bond donors (Lipinski definition) is 0. The first kappa shape index (κ1) is 14.4. The van der Waals surface area contributed by atoms with E-state index in [0.717, 1.165) is 11.1 Å². The van der Waals surface area contributed by atoms with Crippen LogP contribution < -0.4 is 9.47 Å². The molecule has 1 atom stereocenters. The topological polar surface area (TPSA) is 44.8 Å². The molecule has 4 heteroatoms. The first-order valence-electron chi connectivity index (χ1n) is 6.51. The fourth-order valence-corrected chi connectivity index (χ4v) is 2.58. The van der Waals surface area contributed by atoms with Crippen molar-refractivity contribution in [3.8, 4) is 11.5 Å². The number of carbonyl (C=O) groups excluding carboxylic acids is 1. The lowest BCUT2D eigenvalue weighted by atomic mass is 10.0. The van der Waals surface area contributed by atoms with Crippen LogP contribution in [0.4, 0.5) is 0 Å². The molecule has 108 valence electrons. The SMILES string of the molecule is COc1ccc(C2/C(=C\OC(C)=O)C2(C)C)cc1OC.